The summed E-state index contributed by atoms with van der Waals surface area (Å²) in [4.78, 5) is 49.3. The molecule has 0 spiro atoms. The SMILES string of the molecule is COC(=O)c1sc(NC(=O)COC(=O)c2cccc(NS(=O)(=O)/C=C/c3ccccc3)c2)c(C(=O)OC)c1C. The van der Waals surface area contributed by atoms with E-state index < -0.39 is 40.4 Å². The Morgan fingerprint density at radius 2 is 1.62 bits per heavy atom. The molecule has 0 radical (unpaired) electrons. The first-order valence-corrected chi connectivity index (χ1v) is 13.5. The molecule has 2 N–H and O–H groups in total. The first-order valence-electron chi connectivity index (χ1n) is 11.2. The monoisotopic (exact) mass is 572 g/mol. The van der Waals surface area contributed by atoms with Gasteiger partial charge in [-0.15, -0.1) is 11.3 Å². The molecule has 0 bridgehead atoms. The topological polar surface area (TPSA) is 154 Å². The van der Waals surface area contributed by atoms with Gasteiger partial charge in [-0.25, -0.2) is 22.8 Å². The first-order chi connectivity index (χ1) is 18.5. The summed E-state index contributed by atoms with van der Waals surface area (Å²) in [6.45, 7) is 0.781. The van der Waals surface area contributed by atoms with Gasteiger partial charge in [0.2, 0.25) is 0 Å². The number of nitrogens with one attached hydrogen (secondary N) is 2. The fraction of sp³-hybridized carbons (Fsp3) is 0.154. The van der Waals surface area contributed by atoms with Gasteiger partial charge in [-0.2, -0.15) is 0 Å². The number of benzene rings is 2. The van der Waals surface area contributed by atoms with Gasteiger partial charge in [0.25, 0.3) is 15.9 Å². The Morgan fingerprint density at radius 1 is 0.923 bits per heavy atom. The molecule has 0 aliphatic heterocycles. The zero-order valence-electron chi connectivity index (χ0n) is 21.0. The van der Waals surface area contributed by atoms with Crippen molar-refractivity contribution in [2.24, 2.45) is 0 Å². The lowest BCUT2D eigenvalue weighted by Gasteiger charge is -2.09. The third-order valence-electron chi connectivity index (χ3n) is 5.09. The second-order valence-corrected chi connectivity index (χ2v) is 10.4. The fourth-order valence-corrected chi connectivity index (χ4v) is 5.24. The average Bonchev–Trinajstić information content (AvgIpc) is 3.25. The summed E-state index contributed by atoms with van der Waals surface area (Å²) < 4.78 is 41.6. The van der Waals surface area contributed by atoms with Gasteiger partial charge in [0.1, 0.15) is 9.88 Å². The highest BCUT2D eigenvalue weighted by molar-refractivity contribution is 7.95. The van der Waals surface area contributed by atoms with Crippen molar-refractivity contribution in [2.75, 3.05) is 30.9 Å². The smallest absolute Gasteiger partial charge is 0.348 e. The van der Waals surface area contributed by atoms with Gasteiger partial charge >= 0.3 is 17.9 Å². The van der Waals surface area contributed by atoms with Crippen LogP contribution in [0.2, 0.25) is 0 Å². The minimum absolute atomic E-state index is 0.00904. The Balaban J connectivity index is 1.65. The van der Waals surface area contributed by atoms with Crippen LogP contribution in [0.3, 0.4) is 0 Å². The van der Waals surface area contributed by atoms with Crippen LogP contribution in [-0.2, 0) is 29.0 Å². The quantitative estimate of drug-likeness (QED) is 0.272. The molecule has 0 saturated carbocycles. The Hall–Kier alpha value is -4.49. The largest absolute Gasteiger partial charge is 0.465 e. The van der Waals surface area contributed by atoms with E-state index in [-0.39, 0.29) is 32.3 Å². The normalized spacial score (nSPS) is 11.1. The summed E-state index contributed by atoms with van der Waals surface area (Å²) >= 11 is 0.813. The molecular formula is C26H24N2O9S2. The van der Waals surface area contributed by atoms with Crippen LogP contribution in [0.15, 0.2) is 60.0 Å². The van der Waals surface area contributed by atoms with Gasteiger partial charge in [0.15, 0.2) is 6.61 Å². The molecule has 0 aliphatic carbocycles. The summed E-state index contributed by atoms with van der Waals surface area (Å²) in [5.41, 5.74) is 1.04. The van der Waals surface area contributed by atoms with Crippen molar-refractivity contribution >= 4 is 61.9 Å². The lowest BCUT2D eigenvalue weighted by molar-refractivity contribution is -0.119. The van der Waals surface area contributed by atoms with E-state index in [0.717, 1.165) is 23.9 Å². The second-order valence-electron chi connectivity index (χ2n) is 7.81. The number of hydrogen-bond donors (Lipinski definition) is 2. The summed E-state index contributed by atoms with van der Waals surface area (Å²) in [6, 6.07) is 14.4. The van der Waals surface area contributed by atoms with E-state index >= 15 is 0 Å². The van der Waals surface area contributed by atoms with Crippen LogP contribution >= 0.6 is 11.3 Å². The van der Waals surface area contributed by atoms with Crippen molar-refractivity contribution in [3.63, 3.8) is 0 Å². The maximum atomic E-state index is 12.5. The molecule has 39 heavy (non-hydrogen) atoms. The Labute approximate surface area is 228 Å². The van der Waals surface area contributed by atoms with Crippen LogP contribution in [-0.4, -0.2) is 53.1 Å². The number of carbonyl (C=O) groups is 4. The van der Waals surface area contributed by atoms with Crippen molar-refractivity contribution in [3.8, 4) is 0 Å². The molecule has 3 aromatic rings. The van der Waals surface area contributed by atoms with E-state index in [4.69, 9.17) is 14.2 Å². The van der Waals surface area contributed by atoms with Gasteiger partial charge in [0.05, 0.1) is 30.8 Å². The van der Waals surface area contributed by atoms with Crippen molar-refractivity contribution < 1.29 is 41.8 Å². The number of carbonyl (C=O) groups excluding carboxylic acids is 4. The maximum absolute atomic E-state index is 12.5. The summed E-state index contributed by atoms with van der Waals surface area (Å²) in [6.07, 6.45) is 1.42. The Kier molecular flexibility index (Phi) is 9.57. The molecule has 0 atom stereocenters. The van der Waals surface area contributed by atoms with E-state index in [2.05, 4.69) is 10.0 Å². The van der Waals surface area contributed by atoms with Crippen LogP contribution in [0, 0.1) is 6.92 Å². The van der Waals surface area contributed by atoms with Gasteiger partial charge < -0.3 is 19.5 Å². The average molecular weight is 573 g/mol. The highest BCUT2D eigenvalue weighted by atomic mass is 32.2. The van der Waals surface area contributed by atoms with Crippen molar-refractivity contribution in [2.45, 2.75) is 6.92 Å². The maximum Gasteiger partial charge on any atom is 0.348 e. The number of anilines is 2. The van der Waals surface area contributed by atoms with Crippen LogP contribution in [0.4, 0.5) is 10.7 Å². The number of sulfonamides is 1. The van der Waals surface area contributed by atoms with Crippen LogP contribution in [0.5, 0.6) is 0 Å². The molecule has 3 rings (SSSR count). The third kappa shape index (κ3) is 7.75. The van der Waals surface area contributed by atoms with E-state index in [1.165, 1.54) is 44.4 Å². The zero-order valence-corrected chi connectivity index (χ0v) is 22.7. The minimum Gasteiger partial charge on any atom is -0.465 e. The minimum atomic E-state index is -3.88. The van der Waals surface area contributed by atoms with Gasteiger partial charge in [0, 0.05) is 5.69 Å². The molecule has 0 aliphatic rings. The second kappa shape index (κ2) is 12.8. The molecule has 1 heterocycles. The predicted octanol–water partition coefficient (Wildman–Crippen LogP) is 3.84. The van der Waals surface area contributed by atoms with Crippen LogP contribution < -0.4 is 10.0 Å². The predicted molar refractivity (Wildman–Crippen MR) is 145 cm³/mol. The molecule has 1 amide bonds. The number of rotatable bonds is 10. The van der Waals surface area contributed by atoms with E-state index in [1.54, 1.807) is 24.3 Å². The standard InChI is InChI=1S/C26H24N2O9S2/c1-16-21(25(31)35-2)23(38-22(16)26(32)36-3)27-20(29)15-37-24(30)18-10-7-11-19(14-18)28-39(33,34)13-12-17-8-5-4-6-9-17/h4-14,28H,15H2,1-3H3,(H,27,29)/b13-12+. The number of amides is 1. The molecule has 0 fully saturated rings. The van der Waals surface area contributed by atoms with E-state index in [1.807, 2.05) is 6.07 Å². The van der Waals surface area contributed by atoms with E-state index in [9.17, 15) is 27.6 Å². The lowest BCUT2D eigenvalue weighted by atomic mass is 10.1. The lowest BCUT2D eigenvalue weighted by Crippen LogP contribution is -2.21. The summed E-state index contributed by atoms with van der Waals surface area (Å²) in [5.74, 6) is -3.14. The number of thiophene rings is 1. The zero-order chi connectivity index (χ0) is 28.6. The Bertz CT molecular complexity index is 1530. The van der Waals surface area contributed by atoms with Gasteiger partial charge in [-0.3, -0.25) is 9.52 Å². The highest BCUT2D eigenvalue weighted by Gasteiger charge is 2.27. The van der Waals surface area contributed by atoms with Crippen molar-refractivity contribution in [3.05, 3.63) is 87.1 Å². The number of methoxy groups -OCH3 is 2. The molecule has 204 valence electrons. The molecule has 11 nitrogen and oxygen atoms in total. The fourth-order valence-electron chi connectivity index (χ4n) is 3.25. The first kappa shape index (κ1) is 29.1. The molecular weight excluding hydrogens is 548 g/mol. The molecule has 2 aromatic carbocycles. The number of ether oxygens (including phenoxy) is 3. The number of hydrogen-bond acceptors (Lipinski definition) is 10. The molecule has 0 saturated heterocycles. The number of esters is 3. The van der Waals surface area contributed by atoms with Crippen molar-refractivity contribution in [1.82, 2.24) is 0 Å². The third-order valence-corrected chi connectivity index (χ3v) is 7.29. The van der Waals surface area contributed by atoms with Crippen LogP contribution in [0.1, 0.15) is 41.5 Å². The molecule has 0 unspecified atom stereocenters. The van der Waals surface area contributed by atoms with Crippen molar-refractivity contribution in [1.29, 1.82) is 0 Å². The summed E-state index contributed by atoms with van der Waals surface area (Å²) in [7, 11) is -1.54. The highest BCUT2D eigenvalue weighted by Crippen LogP contribution is 2.34. The Morgan fingerprint density at radius 3 is 2.28 bits per heavy atom. The van der Waals surface area contributed by atoms with Crippen LogP contribution in [0.25, 0.3) is 6.08 Å². The summed E-state index contributed by atoms with van der Waals surface area (Å²) in [5, 5.41) is 3.46. The van der Waals surface area contributed by atoms with E-state index in [0.29, 0.717) is 5.56 Å². The molecule has 13 heteroatoms. The molecule has 1 aromatic heterocycles. The van der Waals surface area contributed by atoms with Gasteiger partial charge in [-0.05, 0) is 42.3 Å². The van der Waals surface area contributed by atoms with Gasteiger partial charge in [-0.1, -0.05) is 36.4 Å².